The number of alkyl halides is 3. The Morgan fingerprint density at radius 2 is 2.08 bits per heavy atom. The number of nitrogens with zero attached hydrogens (tertiary/aromatic N) is 1. The number of carbonyl (C=O) groups is 1. The molecule has 1 unspecified atom stereocenters. The van der Waals surface area contributed by atoms with Crippen molar-refractivity contribution in [3.05, 3.63) is 47.1 Å². The fourth-order valence-corrected chi connectivity index (χ4v) is 2.65. The van der Waals surface area contributed by atoms with Crippen LogP contribution in [0.1, 0.15) is 18.4 Å². The summed E-state index contributed by atoms with van der Waals surface area (Å²) in [5.74, 6) is 0.0582. The number of anilines is 3. The summed E-state index contributed by atoms with van der Waals surface area (Å²) in [5, 5.41) is 5.57. The van der Waals surface area contributed by atoms with E-state index in [1.54, 1.807) is 6.07 Å². The lowest BCUT2D eigenvalue weighted by molar-refractivity contribution is -0.137. The molecule has 138 valence electrons. The van der Waals surface area contributed by atoms with E-state index in [2.05, 4.69) is 15.6 Å². The molecule has 26 heavy (non-hydrogen) atoms. The van der Waals surface area contributed by atoms with E-state index >= 15 is 0 Å². The van der Waals surface area contributed by atoms with Gasteiger partial charge >= 0.3 is 6.18 Å². The zero-order valence-corrected chi connectivity index (χ0v) is 14.2. The number of rotatable bonds is 4. The number of amides is 1. The summed E-state index contributed by atoms with van der Waals surface area (Å²) < 4.78 is 43.7. The van der Waals surface area contributed by atoms with Crippen LogP contribution in [0.2, 0.25) is 5.02 Å². The van der Waals surface area contributed by atoms with E-state index in [-0.39, 0.29) is 16.6 Å². The molecule has 2 aromatic rings. The Kier molecular flexibility index (Phi) is 5.33. The molecule has 3 rings (SSSR count). The normalized spacial score (nSPS) is 17.2. The van der Waals surface area contributed by atoms with Gasteiger partial charge in [0.1, 0.15) is 11.9 Å². The topological polar surface area (TPSA) is 63.2 Å². The van der Waals surface area contributed by atoms with Crippen molar-refractivity contribution in [1.82, 2.24) is 4.98 Å². The molecule has 0 spiro atoms. The van der Waals surface area contributed by atoms with Crippen LogP contribution >= 0.6 is 11.6 Å². The highest BCUT2D eigenvalue weighted by atomic mass is 35.5. The van der Waals surface area contributed by atoms with E-state index in [1.807, 2.05) is 0 Å². The average Bonchev–Trinajstić information content (AvgIpc) is 3.12. The van der Waals surface area contributed by atoms with Gasteiger partial charge in [-0.3, -0.25) is 4.79 Å². The molecule has 1 aliphatic heterocycles. The van der Waals surface area contributed by atoms with Gasteiger partial charge in [0.25, 0.3) is 5.91 Å². The minimum Gasteiger partial charge on any atom is -0.368 e. The number of nitrogens with one attached hydrogen (secondary N) is 2. The first-order valence-electron chi connectivity index (χ1n) is 7.85. The Balaban J connectivity index is 1.68. The number of halogens is 4. The lowest BCUT2D eigenvalue weighted by Crippen LogP contribution is -2.27. The van der Waals surface area contributed by atoms with Gasteiger partial charge in [0, 0.05) is 6.61 Å². The third kappa shape index (κ3) is 4.44. The quantitative estimate of drug-likeness (QED) is 0.806. The van der Waals surface area contributed by atoms with Crippen molar-refractivity contribution in [1.29, 1.82) is 0 Å². The van der Waals surface area contributed by atoms with Crippen molar-refractivity contribution in [3.63, 3.8) is 0 Å². The first kappa shape index (κ1) is 18.5. The van der Waals surface area contributed by atoms with Crippen LogP contribution in [0.4, 0.5) is 30.4 Å². The van der Waals surface area contributed by atoms with Gasteiger partial charge in [0.05, 0.1) is 28.2 Å². The maximum atomic E-state index is 12.8. The highest BCUT2D eigenvalue weighted by Gasteiger charge is 2.31. The monoisotopic (exact) mass is 385 g/mol. The Morgan fingerprint density at radius 3 is 2.69 bits per heavy atom. The predicted octanol–water partition coefficient (Wildman–Crippen LogP) is 4.61. The molecule has 1 aromatic carbocycles. The van der Waals surface area contributed by atoms with Gasteiger partial charge < -0.3 is 15.4 Å². The minimum atomic E-state index is -4.46. The number of pyridine rings is 1. The van der Waals surface area contributed by atoms with Gasteiger partial charge in [-0.25, -0.2) is 4.98 Å². The molecule has 1 amide bonds. The summed E-state index contributed by atoms with van der Waals surface area (Å²) >= 11 is 5.95. The molecule has 0 aliphatic carbocycles. The summed E-state index contributed by atoms with van der Waals surface area (Å²) in [6.07, 6.45) is -2.04. The van der Waals surface area contributed by atoms with Crippen molar-refractivity contribution in [2.24, 2.45) is 0 Å². The Hall–Kier alpha value is -2.32. The Morgan fingerprint density at radius 1 is 1.27 bits per heavy atom. The van der Waals surface area contributed by atoms with Crippen LogP contribution in [0.25, 0.3) is 0 Å². The van der Waals surface area contributed by atoms with Crippen molar-refractivity contribution in [3.8, 4) is 0 Å². The maximum Gasteiger partial charge on any atom is 0.416 e. The second-order valence-electron chi connectivity index (χ2n) is 5.74. The van der Waals surface area contributed by atoms with Crippen molar-refractivity contribution in [2.75, 3.05) is 17.2 Å². The van der Waals surface area contributed by atoms with E-state index in [0.717, 1.165) is 18.6 Å². The van der Waals surface area contributed by atoms with Crippen LogP contribution in [-0.2, 0) is 15.7 Å². The van der Waals surface area contributed by atoms with Gasteiger partial charge in [-0.15, -0.1) is 0 Å². The van der Waals surface area contributed by atoms with Crippen molar-refractivity contribution in [2.45, 2.75) is 25.1 Å². The van der Waals surface area contributed by atoms with Gasteiger partial charge in [0.15, 0.2) is 0 Å². The molecule has 1 atom stereocenters. The lowest BCUT2D eigenvalue weighted by atomic mass is 10.2. The molecule has 9 heteroatoms. The molecule has 0 radical (unpaired) electrons. The van der Waals surface area contributed by atoms with Crippen LogP contribution < -0.4 is 10.6 Å². The third-order valence-corrected chi connectivity index (χ3v) is 4.14. The predicted molar refractivity (Wildman–Crippen MR) is 91.6 cm³/mol. The summed E-state index contributed by atoms with van der Waals surface area (Å²) in [6.45, 7) is 0.562. The van der Waals surface area contributed by atoms with Gasteiger partial charge in [-0.2, -0.15) is 13.2 Å². The van der Waals surface area contributed by atoms with Crippen LogP contribution in [0, 0.1) is 0 Å². The van der Waals surface area contributed by atoms with Crippen LogP contribution in [0.15, 0.2) is 36.5 Å². The van der Waals surface area contributed by atoms with Gasteiger partial charge in [-0.05, 0) is 43.2 Å². The first-order valence-corrected chi connectivity index (χ1v) is 8.23. The van der Waals surface area contributed by atoms with Gasteiger partial charge in [0.2, 0.25) is 0 Å². The van der Waals surface area contributed by atoms with E-state index in [4.69, 9.17) is 16.3 Å². The maximum absolute atomic E-state index is 12.8. The molecule has 2 heterocycles. The van der Waals surface area contributed by atoms with E-state index in [9.17, 15) is 18.0 Å². The molecule has 0 saturated carbocycles. The smallest absolute Gasteiger partial charge is 0.368 e. The molecule has 1 aromatic heterocycles. The molecule has 2 N–H and O–H groups in total. The second-order valence-corrected chi connectivity index (χ2v) is 6.15. The Bertz CT molecular complexity index is 791. The molecular formula is C17H15ClF3N3O2. The highest BCUT2D eigenvalue weighted by molar-refractivity contribution is 6.33. The van der Waals surface area contributed by atoms with Crippen LogP contribution in [0.5, 0.6) is 0 Å². The molecule has 1 fully saturated rings. The van der Waals surface area contributed by atoms with Crippen LogP contribution in [-0.4, -0.2) is 23.6 Å². The van der Waals surface area contributed by atoms with Gasteiger partial charge in [-0.1, -0.05) is 11.6 Å². The fourth-order valence-electron chi connectivity index (χ4n) is 2.49. The minimum absolute atomic E-state index is 0.111. The zero-order chi connectivity index (χ0) is 18.7. The fraction of sp³-hybridized carbons (Fsp3) is 0.294. The molecule has 0 bridgehead atoms. The van der Waals surface area contributed by atoms with Crippen molar-refractivity contribution >= 4 is 34.7 Å². The zero-order valence-electron chi connectivity index (χ0n) is 13.4. The number of benzene rings is 1. The average molecular weight is 386 g/mol. The standard InChI is InChI=1S/C17H15ClF3N3O2/c18-12-5-3-10(17(19,20)21)8-13(12)23-11-4-6-15(22-9-11)24-16(25)14-2-1-7-26-14/h3-6,8-9,14,23H,1-2,7H2,(H,22,24,25). The van der Waals surface area contributed by atoms with E-state index < -0.39 is 17.8 Å². The highest BCUT2D eigenvalue weighted by Crippen LogP contribution is 2.34. The molecule has 1 aliphatic rings. The summed E-state index contributed by atoms with van der Waals surface area (Å²) in [5.41, 5.74) is -0.265. The number of aromatic nitrogens is 1. The SMILES string of the molecule is O=C(Nc1ccc(Nc2cc(C(F)(F)F)ccc2Cl)cn1)C1CCCO1. The van der Waals surface area contributed by atoms with Crippen molar-refractivity contribution < 1.29 is 22.7 Å². The lowest BCUT2D eigenvalue weighted by Gasteiger charge is -2.13. The number of ether oxygens (including phenoxy) is 1. The second kappa shape index (κ2) is 7.51. The van der Waals surface area contributed by atoms with Crippen LogP contribution in [0.3, 0.4) is 0 Å². The van der Waals surface area contributed by atoms with E-state index in [1.165, 1.54) is 18.3 Å². The van der Waals surface area contributed by atoms with E-state index in [0.29, 0.717) is 24.5 Å². The number of carbonyl (C=O) groups excluding carboxylic acids is 1. The third-order valence-electron chi connectivity index (χ3n) is 3.81. The number of hydrogen-bond donors (Lipinski definition) is 2. The summed E-state index contributed by atoms with van der Waals surface area (Å²) in [6, 6.07) is 6.13. The summed E-state index contributed by atoms with van der Waals surface area (Å²) in [7, 11) is 0. The Labute approximate surface area is 152 Å². The first-order chi connectivity index (χ1) is 12.3. The molecular weight excluding hydrogens is 371 g/mol. The summed E-state index contributed by atoms with van der Waals surface area (Å²) in [4.78, 5) is 16.0. The number of hydrogen-bond acceptors (Lipinski definition) is 4. The largest absolute Gasteiger partial charge is 0.416 e. The molecule has 5 nitrogen and oxygen atoms in total. The molecule has 1 saturated heterocycles.